The number of methoxy groups -OCH3 is 2. The molecule has 10 aromatic rings. The number of ether oxygens (including phenoxy) is 3. The number of rotatable bonds is 11. The van der Waals surface area contributed by atoms with Crippen LogP contribution in [0.1, 0.15) is 68.6 Å². The Balaban J connectivity index is 1.12. The van der Waals surface area contributed by atoms with Crippen molar-refractivity contribution in [2.24, 2.45) is 0 Å². The molecular weight excluding hydrogens is 901 g/mol. The Morgan fingerprint density at radius 3 is 1.53 bits per heavy atom. The van der Waals surface area contributed by atoms with Crippen LogP contribution in [0, 0.1) is 0 Å². The van der Waals surface area contributed by atoms with E-state index in [-0.39, 0.29) is 11.6 Å². The topological polar surface area (TPSA) is 72.2 Å². The number of nitrogens with zero attached hydrogens (tertiary/aromatic N) is 4. The summed E-state index contributed by atoms with van der Waals surface area (Å²) in [6.07, 6.45) is 2.69. The molecule has 0 spiro atoms. The van der Waals surface area contributed by atoms with Gasteiger partial charge < -0.3 is 29.1 Å². The molecule has 2 aliphatic rings. The summed E-state index contributed by atoms with van der Waals surface area (Å²) in [6.45, 7) is 7.28. The summed E-state index contributed by atoms with van der Waals surface area (Å²) in [6, 6.07) is 70.0. The molecule has 9 aromatic carbocycles. The van der Waals surface area contributed by atoms with Gasteiger partial charge in [0.2, 0.25) is 0 Å². The highest BCUT2D eigenvalue weighted by Gasteiger charge is 2.46. The van der Waals surface area contributed by atoms with Crippen LogP contribution in [-0.2, 0) is 15.8 Å². The van der Waals surface area contributed by atoms with E-state index in [0.29, 0.717) is 6.61 Å². The van der Waals surface area contributed by atoms with Crippen molar-refractivity contribution >= 4 is 55.7 Å². The lowest BCUT2D eigenvalue weighted by molar-refractivity contribution is -0.0387. The predicted octanol–water partition coefficient (Wildman–Crippen LogP) is 16.1. The first kappa shape index (κ1) is 45.9. The molecule has 0 radical (unpaired) electrons. The molecule has 1 saturated heterocycles. The first-order chi connectivity index (χ1) is 35.6. The SMILES string of the molecule is COc1ccc(N(c2ccc3c(c2)C(O)(c2ccccc2-c2cc(C(C)(C)C)nn2C2CCCCO2)c2cc(N(c4ccc(OC)cc4)c4cccc5ccccc45)ccc2-3)c2cccc3ccccc23)cc1. The molecule has 1 fully saturated rings. The monoisotopic (exact) mass is 958 g/mol. The van der Waals surface area contributed by atoms with Crippen molar-refractivity contribution in [3.8, 4) is 33.9 Å². The van der Waals surface area contributed by atoms with Crippen molar-refractivity contribution in [1.82, 2.24) is 9.78 Å². The zero-order valence-corrected chi connectivity index (χ0v) is 41.9. The van der Waals surface area contributed by atoms with Crippen LogP contribution in [0.15, 0.2) is 200 Å². The third-order valence-corrected chi connectivity index (χ3v) is 14.8. The molecule has 8 nitrogen and oxygen atoms in total. The van der Waals surface area contributed by atoms with Crippen molar-refractivity contribution in [3.05, 3.63) is 223 Å². The minimum Gasteiger partial charge on any atom is -0.497 e. The van der Waals surface area contributed by atoms with E-state index in [1.54, 1.807) is 14.2 Å². The van der Waals surface area contributed by atoms with Crippen LogP contribution >= 0.6 is 0 Å². The maximum atomic E-state index is 14.7. The molecule has 1 aliphatic heterocycles. The third-order valence-electron chi connectivity index (χ3n) is 14.8. The highest BCUT2D eigenvalue weighted by atomic mass is 16.5. The van der Waals surface area contributed by atoms with Crippen LogP contribution in [0.3, 0.4) is 0 Å². The average Bonchev–Trinajstić information content (AvgIpc) is 4.00. The van der Waals surface area contributed by atoms with Gasteiger partial charge in [0, 0.05) is 67.8 Å². The van der Waals surface area contributed by atoms with Gasteiger partial charge in [0.1, 0.15) is 17.1 Å². The lowest BCUT2D eigenvalue weighted by atomic mass is 9.80. The first-order valence-corrected chi connectivity index (χ1v) is 25.3. The number of aliphatic hydroxyl groups is 1. The second-order valence-corrected chi connectivity index (χ2v) is 20.2. The van der Waals surface area contributed by atoms with Gasteiger partial charge in [0.25, 0.3) is 0 Å². The van der Waals surface area contributed by atoms with E-state index < -0.39 is 5.60 Å². The van der Waals surface area contributed by atoms with Gasteiger partial charge in [-0.1, -0.05) is 130 Å². The predicted molar refractivity (Wildman–Crippen MR) is 297 cm³/mol. The van der Waals surface area contributed by atoms with Crippen LogP contribution in [0.5, 0.6) is 11.5 Å². The summed E-state index contributed by atoms with van der Waals surface area (Å²) >= 11 is 0. The van der Waals surface area contributed by atoms with Crippen molar-refractivity contribution in [3.63, 3.8) is 0 Å². The third kappa shape index (κ3) is 7.98. The Bertz CT molecular complexity index is 3470. The number of hydrogen-bond donors (Lipinski definition) is 1. The number of anilines is 6. The Kier molecular flexibility index (Phi) is 11.6. The van der Waals surface area contributed by atoms with Crippen molar-refractivity contribution in [2.75, 3.05) is 30.6 Å². The zero-order chi connectivity index (χ0) is 49.8. The fourth-order valence-electron chi connectivity index (χ4n) is 11.1. The number of fused-ring (bicyclic) bond motifs is 5. The van der Waals surface area contributed by atoms with Crippen LogP contribution < -0.4 is 19.3 Å². The van der Waals surface area contributed by atoms with Crippen molar-refractivity contribution in [2.45, 2.75) is 57.3 Å². The molecule has 1 aromatic heterocycles. The van der Waals surface area contributed by atoms with Gasteiger partial charge in [-0.2, -0.15) is 5.10 Å². The van der Waals surface area contributed by atoms with Crippen LogP contribution in [0.25, 0.3) is 43.9 Å². The van der Waals surface area contributed by atoms with E-state index in [1.807, 2.05) is 30.3 Å². The second kappa shape index (κ2) is 18.5. The standard InChI is InChI=1S/C65H58N4O4/c1-64(2,3)62-42-61(69(66-62)63-26-12-13-39-73-63)55-22-10-11-23-56(55)65(70)57-40-47(67(45-27-33-49(71-4)34-28-45)59-24-14-18-43-16-6-8-20-51(43)59)31-37-53(57)54-38-32-48(41-58(54)65)68(46-29-35-50(72-5)36-30-46)60-25-15-19-44-17-7-9-21-52(44)60/h6-11,14-25,27-38,40-42,63,70H,12-13,26,39H2,1-5H3. The lowest BCUT2D eigenvalue weighted by Gasteiger charge is -2.33. The molecule has 73 heavy (non-hydrogen) atoms. The molecule has 1 aliphatic carbocycles. The summed E-state index contributed by atoms with van der Waals surface area (Å²) in [7, 11) is 3.38. The lowest BCUT2D eigenvalue weighted by Crippen LogP contribution is -2.28. The largest absolute Gasteiger partial charge is 0.497 e. The molecule has 1 N–H and O–H groups in total. The average molecular weight is 959 g/mol. The molecule has 0 amide bonds. The van der Waals surface area contributed by atoms with Gasteiger partial charge in [0.05, 0.1) is 37.0 Å². The Hall–Kier alpha value is -8.17. The summed E-state index contributed by atoms with van der Waals surface area (Å²) in [5.74, 6) is 1.54. The van der Waals surface area contributed by atoms with Gasteiger partial charge in [-0.3, -0.25) is 0 Å². The van der Waals surface area contributed by atoms with Gasteiger partial charge in [-0.25, -0.2) is 4.68 Å². The molecule has 12 rings (SSSR count). The highest BCUT2D eigenvalue weighted by molar-refractivity contribution is 6.01. The molecule has 0 bridgehead atoms. The maximum Gasteiger partial charge on any atom is 0.150 e. The molecule has 2 heterocycles. The Morgan fingerprint density at radius 1 is 0.534 bits per heavy atom. The molecule has 1 unspecified atom stereocenters. The van der Waals surface area contributed by atoms with E-state index in [0.717, 1.165) is 131 Å². The van der Waals surface area contributed by atoms with Crippen LogP contribution in [0.4, 0.5) is 34.1 Å². The minimum absolute atomic E-state index is 0.235. The van der Waals surface area contributed by atoms with E-state index in [4.69, 9.17) is 19.3 Å². The Morgan fingerprint density at radius 2 is 1.03 bits per heavy atom. The smallest absolute Gasteiger partial charge is 0.150 e. The second-order valence-electron chi connectivity index (χ2n) is 20.2. The van der Waals surface area contributed by atoms with Crippen molar-refractivity contribution < 1.29 is 19.3 Å². The number of benzene rings is 9. The number of hydrogen-bond acceptors (Lipinski definition) is 7. The quantitative estimate of drug-likeness (QED) is 0.138. The maximum absolute atomic E-state index is 14.7. The van der Waals surface area contributed by atoms with E-state index >= 15 is 0 Å². The van der Waals surface area contributed by atoms with Crippen molar-refractivity contribution in [1.29, 1.82) is 0 Å². The summed E-state index contributed by atoms with van der Waals surface area (Å²) in [5, 5.41) is 24.5. The molecule has 0 saturated carbocycles. The summed E-state index contributed by atoms with van der Waals surface area (Å²) < 4.78 is 19.9. The summed E-state index contributed by atoms with van der Waals surface area (Å²) in [4.78, 5) is 4.58. The van der Waals surface area contributed by atoms with E-state index in [2.05, 4.69) is 205 Å². The minimum atomic E-state index is -1.67. The highest BCUT2D eigenvalue weighted by Crippen LogP contribution is 2.56. The molecular formula is C65H58N4O4. The zero-order valence-electron chi connectivity index (χ0n) is 41.9. The van der Waals surface area contributed by atoms with Crippen LogP contribution in [0.2, 0.25) is 0 Å². The number of aromatic nitrogens is 2. The van der Waals surface area contributed by atoms with E-state index in [1.165, 1.54) is 0 Å². The van der Waals surface area contributed by atoms with Gasteiger partial charge >= 0.3 is 0 Å². The molecule has 8 heteroatoms. The fraction of sp³-hybridized carbons (Fsp3) is 0.185. The molecule has 1 atom stereocenters. The van der Waals surface area contributed by atoms with Gasteiger partial charge in [0.15, 0.2) is 6.23 Å². The first-order valence-electron chi connectivity index (χ1n) is 25.3. The normalized spacial score (nSPS) is 15.0. The van der Waals surface area contributed by atoms with Gasteiger partial charge in [-0.05, 0) is 132 Å². The van der Waals surface area contributed by atoms with E-state index in [9.17, 15) is 5.11 Å². The summed E-state index contributed by atoms with van der Waals surface area (Å²) in [5.41, 5.74) is 10.8. The Labute approximate surface area is 427 Å². The molecule has 362 valence electrons. The van der Waals surface area contributed by atoms with Gasteiger partial charge in [-0.15, -0.1) is 0 Å². The fourth-order valence-corrected chi connectivity index (χ4v) is 11.1. The van der Waals surface area contributed by atoms with Crippen LogP contribution in [-0.4, -0.2) is 35.7 Å².